The fourth-order valence-corrected chi connectivity index (χ4v) is 11.7. The van der Waals surface area contributed by atoms with Gasteiger partial charge in [0.15, 0.2) is 0 Å². The van der Waals surface area contributed by atoms with Crippen LogP contribution in [0.4, 0.5) is 4.39 Å². The van der Waals surface area contributed by atoms with E-state index >= 15 is 14.4 Å². The van der Waals surface area contributed by atoms with Crippen LogP contribution in [0.15, 0.2) is 97.2 Å². The zero-order chi connectivity index (χ0) is 67.1. The number of rotatable bonds is 7. The Bertz CT molecular complexity index is 3580. The number of nitrogens with zero attached hydrogens (tertiary/aromatic N) is 2. The maximum atomic E-state index is 15.3. The Morgan fingerprint density at radius 2 is 1.44 bits per heavy atom. The Morgan fingerprint density at radius 1 is 0.742 bits per heavy atom. The van der Waals surface area contributed by atoms with Crippen LogP contribution in [0.5, 0.6) is 11.5 Å². The molecular weight excluding hydrogens is 1200 g/mol. The summed E-state index contributed by atoms with van der Waals surface area (Å²) in [6.45, 7) is 4.32. The SMILES string of the molecule is COc1ccc(C[C@@H]2NC(=O)[C@H]([C@@H](C)O)NC(=O)[C@@H]3CCC(=O)NCc4cccc(c4)C[C@H](NC(=O)[C@@H](C)NC(=O)CCCC(=O)NCCOc4ccc(cc4)C[C@@H](C(N)=O)NC(=O)[C@]4(C)CCCN4C2=O)C(=O)N[C@@H](Cc2c[nH]c4ccc(F)cc24)C(=O)N3C)cc1. The van der Waals surface area contributed by atoms with Crippen molar-refractivity contribution < 1.29 is 71.7 Å². The Balaban J connectivity index is 1.15. The second kappa shape index (κ2) is 31.4. The first-order valence-electron chi connectivity index (χ1n) is 31.0. The molecule has 5 heterocycles. The molecule has 1 saturated heterocycles. The van der Waals surface area contributed by atoms with Crippen molar-refractivity contribution in [3.05, 3.63) is 131 Å². The minimum Gasteiger partial charge on any atom is -0.497 e. The number of aliphatic hydroxyl groups excluding tert-OH is 1. The van der Waals surface area contributed by atoms with Gasteiger partial charge in [-0.25, -0.2) is 4.39 Å². The van der Waals surface area contributed by atoms with Crippen LogP contribution in [0.25, 0.3) is 10.9 Å². The fourth-order valence-electron chi connectivity index (χ4n) is 11.7. The molecule has 11 amide bonds. The van der Waals surface area contributed by atoms with Crippen molar-refractivity contribution >= 4 is 75.9 Å². The van der Waals surface area contributed by atoms with Crippen LogP contribution in [-0.2, 0) is 85.0 Å². The van der Waals surface area contributed by atoms with E-state index in [-0.39, 0.29) is 89.9 Å². The predicted octanol–water partition coefficient (Wildman–Crippen LogP) is 0.678. The number of carbonyl (C=O) groups excluding carboxylic acids is 11. The zero-order valence-corrected chi connectivity index (χ0v) is 52.6. The van der Waals surface area contributed by atoms with Crippen molar-refractivity contribution in [2.45, 2.75) is 152 Å². The van der Waals surface area contributed by atoms with Crippen LogP contribution in [0, 0.1) is 5.82 Å². The Labute approximate surface area is 536 Å². The first kappa shape index (κ1) is 69.0. The number of amides is 11. The lowest BCUT2D eigenvalue weighted by Gasteiger charge is -2.37. The molecule has 12 N–H and O–H groups in total. The topological polar surface area (TPSA) is 371 Å². The molecule has 1 fully saturated rings. The molecule has 1 aromatic heterocycles. The number of nitrogens with two attached hydrogens (primary N) is 1. The van der Waals surface area contributed by atoms with Crippen LogP contribution < -0.4 is 57.7 Å². The van der Waals surface area contributed by atoms with E-state index < -0.39 is 125 Å². The first-order chi connectivity index (χ1) is 44.4. The molecule has 0 radical (unpaired) electrons. The van der Waals surface area contributed by atoms with E-state index in [4.69, 9.17) is 15.2 Å². The van der Waals surface area contributed by atoms with Gasteiger partial charge in [0.05, 0.1) is 19.8 Å². The number of aromatic nitrogens is 1. The smallest absolute Gasteiger partial charge is 0.246 e. The third-order valence-electron chi connectivity index (χ3n) is 17.0. The van der Waals surface area contributed by atoms with Crippen molar-refractivity contribution in [1.82, 2.24) is 57.3 Å². The summed E-state index contributed by atoms with van der Waals surface area (Å²) in [5.41, 5.74) is 7.34. The summed E-state index contributed by atoms with van der Waals surface area (Å²) >= 11 is 0. The highest BCUT2D eigenvalue weighted by molar-refractivity contribution is 6.00. The van der Waals surface area contributed by atoms with Gasteiger partial charge >= 0.3 is 0 Å². The molecule has 5 aromatic rings. The van der Waals surface area contributed by atoms with Crippen LogP contribution in [0.1, 0.15) is 93.5 Å². The highest BCUT2D eigenvalue weighted by atomic mass is 19.1. The molecule has 26 nitrogen and oxygen atoms in total. The summed E-state index contributed by atoms with van der Waals surface area (Å²) in [5, 5.41) is 33.4. The summed E-state index contributed by atoms with van der Waals surface area (Å²) in [5.74, 6) is -8.20. The number of halogens is 1. The minimum absolute atomic E-state index is 0.0294. The quantitative estimate of drug-likeness (QED) is 0.107. The molecule has 93 heavy (non-hydrogen) atoms. The van der Waals surface area contributed by atoms with Gasteiger partial charge in [-0.15, -0.1) is 0 Å². The number of H-pyrrole nitrogens is 1. The highest BCUT2D eigenvalue weighted by Crippen LogP contribution is 2.31. The molecule has 27 heteroatoms. The van der Waals surface area contributed by atoms with Crippen LogP contribution in [0.3, 0.4) is 0 Å². The molecule has 9 atom stereocenters. The molecule has 4 aromatic carbocycles. The lowest BCUT2D eigenvalue weighted by atomic mass is 9.94. The highest BCUT2D eigenvalue weighted by Gasteiger charge is 2.49. The maximum absolute atomic E-state index is 15.3. The van der Waals surface area contributed by atoms with Gasteiger partial charge in [0.1, 0.15) is 71.8 Å². The van der Waals surface area contributed by atoms with Gasteiger partial charge < -0.3 is 77.6 Å². The monoisotopic (exact) mass is 1280 g/mol. The zero-order valence-electron chi connectivity index (χ0n) is 52.6. The standard InChI is InChI=1S/C66H81FN12O14/c1-37-59(85)73-50-32-41-9-6-10-42(29-41)35-71-55(82)24-23-53(78(4)63(89)52(74-60(50)86)33-43-36-70-48-22-17-44(67)34-47(43)48)61(87)77-57(38(2)80)62(88)75-51(31-40-13-18-45(92-5)19-14-40)64(90)79-27-8-25-66(79,3)65(91)76-49(58(68)84)30-39-15-20-46(21-16-39)93-28-26-69-54(81)11-7-12-56(83)72-37/h6,9-10,13-22,29,34,36-38,49-53,57,70,80H,7-8,11-12,23-28,30-33,35H2,1-5H3,(H2,68,84)(H,69,81)(H,71,82)(H,72,83)(H,73,85)(H,74,86)(H,75,88)(H,76,91)(H,77,87)/t37-,38-,49+,50+,51+,52+,53+,57+,66+/m1/s1. The lowest BCUT2D eigenvalue weighted by molar-refractivity contribution is -0.147. The second-order valence-electron chi connectivity index (χ2n) is 24.0. The Hall–Kier alpha value is -9.92. The van der Waals surface area contributed by atoms with Gasteiger partial charge in [-0.1, -0.05) is 48.5 Å². The fraction of sp³-hybridized carbons (Fsp3) is 0.439. The average Bonchev–Trinajstić information content (AvgIpc) is 1.72. The maximum Gasteiger partial charge on any atom is 0.246 e. The lowest BCUT2D eigenvalue weighted by Crippen LogP contribution is -2.64. The van der Waals surface area contributed by atoms with Crippen LogP contribution >= 0.6 is 0 Å². The molecule has 0 unspecified atom stereocenters. The molecule has 496 valence electrons. The van der Waals surface area contributed by atoms with Crippen molar-refractivity contribution in [1.29, 1.82) is 0 Å². The summed E-state index contributed by atoms with van der Waals surface area (Å²) < 4.78 is 26.1. The molecule has 9 rings (SSSR count). The van der Waals surface area contributed by atoms with E-state index in [0.29, 0.717) is 56.6 Å². The molecular formula is C66H81FN12O14. The summed E-state index contributed by atoms with van der Waals surface area (Å²) in [7, 11) is 2.71. The van der Waals surface area contributed by atoms with Gasteiger partial charge in [-0.2, -0.15) is 0 Å². The minimum atomic E-state index is -1.85. The molecule has 4 aliphatic heterocycles. The van der Waals surface area contributed by atoms with Crippen LogP contribution in [-0.4, -0.2) is 173 Å². The van der Waals surface area contributed by atoms with Gasteiger partial charge in [0.25, 0.3) is 0 Å². The number of aliphatic hydroxyl groups is 1. The first-order valence-corrected chi connectivity index (χ1v) is 31.0. The van der Waals surface area contributed by atoms with Crippen molar-refractivity contribution in [3.8, 4) is 11.5 Å². The number of methoxy groups -OCH3 is 1. The average molecular weight is 1290 g/mol. The third kappa shape index (κ3) is 18.2. The Kier molecular flexibility index (Phi) is 23.3. The number of likely N-dealkylation sites (N-methyl/N-ethyl adjacent to an activating group) is 1. The van der Waals surface area contributed by atoms with Crippen molar-refractivity contribution in [2.24, 2.45) is 5.73 Å². The van der Waals surface area contributed by atoms with Crippen molar-refractivity contribution in [3.63, 3.8) is 0 Å². The number of ether oxygens (including phenoxy) is 2. The number of hydrogen-bond acceptors (Lipinski definition) is 14. The summed E-state index contributed by atoms with van der Waals surface area (Å²) in [6.07, 6.45) is -1.30. The molecule has 4 aliphatic rings. The molecule has 6 bridgehead atoms. The van der Waals surface area contributed by atoms with Gasteiger partial charge in [0, 0.05) is 82.2 Å². The van der Waals surface area contributed by atoms with E-state index in [1.54, 1.807) is 72.8 Å². The van der Waals surface area contributed by atoms with E-state index in [1.807, 2.05) is 0 Å². The van der Waals surface area contributed by atoms with Gasteiger partial charge in [0.2, 0.25) is 65.0 Å². The third-order valence-corrected chi connectivity index (χ3v) is 17.0. The number of nitrogens with one attached hydrogen (secondary N) is 9. The van der Waals surface area contributed by atoms with E-state index in [2.05, 4.69) is 47.5 Å². The number of aromatic amines is 1. The number of carbonyl (C=O) groups is 11. The largest absolute Gasteiger partial charge is 0.497 e. The predicted molar refractivity (Wildman–Crippen MR) is 336 cm³/mol. The number of hydrogen-bond donors (Lipinski definition) is 11. The van der Waals surface area contributed by atoms with Gasteiger partial charge in [-0.3, -0.25) is 52.7 Å². The van der Waals surface area contributed by atoms with E-state index in [9.17, 15) is 47.9 Å². The normalized spacial score (nSPS) is 24.7. The molecule has 0 saturated carbocycles. The molecule has 0 aliphatic carbocycles. The molecule has 0 spiro atoms. The van der Waals surface area contributed by atoms with Crippen LogP contribution in [0.2, 0.25) is 0 Å². The van der Waals surface area contributed by atoms with E-state index in [1.165, 1.54) is 64.2 Å². The summed E-state index contributed by atoms with van der Waals surface area (Å²) in [6, 6.07) is 13.5. The number of benzene rings is 4. The second-order valence-corrected chi connectivity index (χ2v) is 24.0. The number of fused-ring (bicyclic) bond motifs is 26. The Morgan fingerprint density at radius 3 is 2.16 bits per heavy atom. The van der Waals surface area contributed by atoms with E-state index in [0.717, 1.165) is 4.90 Å². The summed E-state index contributed by atoms with van der Waals surface area (Å²) in [4.78, 5) is 162. The number of primary amides is 1. The van der Waals surface area contributed by atoms with Crippen molar-refractivity contribution in [2.75, 3.05) is 33.9 Å². The van der Waals surface area contributed by atoms with Gasteiger partial charge in [-0.05, 0) is 117 Å².